The van der Waals surface area contributed by atoms with Crippen LogP contribution in [-0.4, -0.2) is 22.8 Å². The lowest BCUT2D eigenvalue weighted by molar-refractivity contribution is 0.286. The minimum absolute atomic E-state index is 0.264. The van der Waals surface area contributed by atoms with Crippen LogP contribution in [0.15, 0.2) is 6.07 Å². The zero-order valence-corrected chi connectivity index (χ0v) is 9.30. The highest BCUT2D eigenvalue weighted by atomic mass is 16.3. The average molecular weight is 196 g/mol. The van der Waals surface area contributed by atoms with Crippen molar-refractivity contribution in [2.24, 2.45) is 7.05 Å². The van der Waals surface area contributed by atoms with Crippen LogP contribution in [0.2, 0.25) is 0 Å². The van der Waals surface area contributed by atoms with E-state index in [2.05, 4.69) is 36.8 Å². The van der Waals surface area contributed by atoms with E-state index in [-0.39, 0.29) is 6.61 Å². The Kier molecular flexibility index (Phi) is 4.17. The zero-order valence-electron chi connectivity index (χ0n) is 9.30. The lowest BCUT2D eigenvalue weighted by atomic mass is 10.2. The lowest BCUT2D eigenvalue weighted by Gasteiger charge is -2.04. The van der Waals surface area contributed by atoms with E-state index in [1.165, 1.54) is 17.0 Å². The summed E-state index contributed by atoms with van der Waals surface area (Å²) in [6, 6.07) is 2.21. The molecule has 1 rings (SSSR count). The number of hydrogen-bond donors (Lipinski definition) is 2. The maximum absolute atomic E-state index is 8.62. The molecule has 0 atom stereocenters. The van der Waals surface area contributed by atoms with Gasteiger partial charge in [0.1, 0.15) is 0 Å². The smallest absolute Gasteiger partial charge is 0.0443 e. The summed E-state index contributed by atoms with van der Waals surface area (Å²) in [6.45, 7) is 6.29. The Morgan fingerprint density at radius 1 is 1.43 bits per heavy atom. The van der Waals surface area contributed by atoms with Gasteiger partial charge in [0.2, 0.25) is 0 Å². The Labute approximate surface area is 85.7 Å². The summed E-state index contributed by atoms with van der Waals surface area (Å²) < 4.78 is 2.20. The van der Waals surface area contributed by atoms with E-state index in [0.29, 0.717) is 0 Å². The maximum Gasteiger partial charge on any atom is 0.0443 e. The predicted octanol–water partition coefficient (Wildman–Crippen LogP) is 1.11. The van der Waals surface area contributed by atoms with Crippen LogP contribution in [0.3, 0.4) is 0 Å². The van der Waals surface area contributed by atoms with E-state index in [1.54, 1.807) is 0 Å². The lowest BCUT2D eigenvalue weighted by Crippen LogP contribution is -2.16. The third-order valence-corrected chi connectivity index (χ3v) is 2.71. The van der Waals surface area contributed by atoms with Gasteiger partial charge in [0.15, 0.2) is 0 Å². The number of nitrogens with one attached hydrogen (secondary N) is 1. The minimum Gasteiger partial charge on any atom is -0.396 e. The van der Waals surface area contributed by atoms with Gasteiger partial charge in [-0.25, -0.2) is 0 Å². The molecule has 1 aromatic rings. The van der Waals surface area contributed by atoms with Gasteiger partial charge in [-0.2, -0.15) is 0 Å². The summed E-state index contributed by atoms with van der Waals surface area (Å²) >= 11 is 0. The van der Waals surface area contributed by atoms with Gasteiger partial charge in [0.05, 0.1) is 0 Å². The van der Waals surface area contributed by atoms with Crippen LogP contribution in [0.5, 0.6) is 0 Å². The van der Waals surface area contributed by atoms with Crippen molar-refractivity contribution in [3.05, 3.63) is 23.0 Å². The minimum atomic E-state index is 0.264. The molecule has 80 valence electrons. The Bertz CT molecular complexity index is 292. The van der Waals surface area contributed by atoms with E-state index < -0.39 is 0 Å². The van der Waals surface area contributed by atoms with Crippen molar-refractivity contribution in [1.29, 1.82) is 0 Å². The highest BCUT2D eigenvalue weighted by Gasteiger charge is 2.04. The number of nitrogens with zero attached hydrogens (tertiary/aromatic N) is 1. The topological polar surface area (TPSA) is 37.2 Å². The fourth-order valence-corrected chi connectivity index (χ4v) is 1.54. The summed E-state index contributed by atoms with van der Waals surface area (Å²) in [7, 11) is 2.09. The van der Waals surface area contributed by atoms with E-state index in [0.717, 1.165) is 19.5 Å². The number of aliphatic hydroxyl groups is 1. The molecule has 0 aliphatic rings. The van der Waals surface area contributed by atoms with Crippen LogP contribution in [-0.2, 0) is 13.6 Å². The SMILES string of the molecule is Cc1cc(CNCCCO)c(C)n1C. The van der Waals surface area contributed by atoms with E-state index in [4.69, 9.17) is 5.11 Å². The van der Waals surface area contributed by atoms with Crippen molar-refractivity contribution in [3.63, 3.8) is 0 Å². The van der Waals surface area contributed by atoms with Gasteiger partial charge in [-0.05, 0) is 38.4 Å². The zero-order chi connectivity index (χ0) is 10.6. The molecule has 0 spiro atoms. The molecule has 0 bridgehead atoms. The molecule has 0 radical (unpaired) electrons. The molecule has 1 heterocycles. The summed E-state index contributed by atoms with van der Waals surface area (Å²) in [4.78, 5) is 0. The Hall–Kier alpha value is -0.800. The van der Waals surface area contributed by atoms with Crippen molar-refractivity contribution < 1.29 is 5.11 Å². The van der Waals surface area contributed by atoms with Gasteiger partial charge in [-0.1, -0.05) is 0 Å². The van der Waals surface area contributed by atoms with Gasteiger partial charge in [0.25, 0.3) is 0 Å². The van der Waals surface area contributed by atoms with Gasteiger partial charge in [0, 0.05) is 31.6 Å². The third kappa shape index (κ3) is 2.59. The van der Waals surface area contributed by atoms with Crippen molar-refractivity contribution in [2.75, 3.05) is 13.2 Å². The van der Waals surface area contributed by atoms with E-state index in [9.17, 15) is 0 Å². The number of hydrogen-bond acceptors (Lipinski definition) is 2. The second-order valence-corrected chi connectivity index (χ2v) is 3.71. The number of rotatable bonds is 5. The Morgan fingerprint density at radius 3 is 2.64 bits per heavy atom. The second kappa shape index (κ2) is 5.17. The number of aryl methyl sites for hydroxylation is 1. The van der Waals surface area contributed by atoms with Crippen LogP contribution < -0.4 is 5.32 Å². The van der Waals surface area contributed by atoms with Crippen LogP contribution in [0.25, 0.3) is 0 Å². The van der Waals surface area contributed by atoms with Crippen LogP contribution in [0.1, 0.15) is 23.4 Å². The largest absolute Gasteiger partial charge is 0.396 e. The van der Waals surface area contributed by atoms with Gasteiger partial charge < -0.3 is 15.0 Å². The van der Waals surface area contributed by atoms with Gasteiger partial charge in [-0.3, -0.25) is 0 Å². The van der Waals surface area contributed by atoms with E-state index >= 15 is 0 Å². The molecule has 0 saturated carbocycles. The van der Waals surface area contributed by atoms with Crippen LogP contribution in [0, 0.1) is 13.8 Å². The van der Waals surface area contributed by atoms with Crippen molar-refractivity contribution >= 4 is 0 Å². The first-order valence-electron chi connectivity index (χ1n) is 5.10. The summed E-state index contributed by atoms with van der Waals surface area (Å²) in [5, 5.41) is 11.9. The number of aliphatic hydroxyl groups excluding tert-OH is 1. The molecule has 0 saturated heterocycles. The van der Waals surface area contributed by atoms with Crippen LogP contribution in [0.4, 0.5) is 0 Å². The van der Waals surface area contributed by atoms with E-state index in [1.807, 2.05) is 0 Å². The second-order valence-electron chi connectivity index (χ2n) is 3.71. The molecular formula is C11H20N2O. The molecule has 2 N–H and O–H groups in total. The fourth-order valence-electron chi connectivity index (χ4n) is 1.54. The molecule has 3 nitrogen and oxygen atoms in total. The summed E-state index contributed by atoms with van der Waals surface area (Å²) in [5.74, 6) is 0. The molecular weight excluding hydrogens is 176 g/mol. The molecule has 0 aliphatic heterocycles. The highest BCUT2D eigenvalue weighted by molar-refractivity contribution is 5.26. The molecule has 0 fully saturated rings. The van der Waals surface area contributed by atoms with Crippen LogP contribution >= 0.6 is 0 Å². The first-order chi connectivity index (χ1) is 6.66. The average Bonchev–Trinajstić information content (AvgIpc) is 2.41. The Morgan fingerprint density at radius 2 is 2.14 bits per heavy atom. The number of aromatic nitrogens is 1. The molecule has 14 heavy (non-hydrogen) atoms. The molecule has 0 amide bonds. The molecule has 3 heteroatoms. The van der Waals surface area contributed by atoms with Crippen molar-refractivity contribution in [3.8, 4) is 0 Å². The molecule has 0 aliphatic carbocycles. The van der Waals surface area contributed by atoms with Gasteiger partial charge >= 0.3 is 0 Å². The van der Waals surface area contributed by atoms with Crippen molar-refractivity contribution in [1.82, 2.24) is 9.88 Å². The predicted molar refractivity (Wildman–Crippen MR) is 58.3 cm³/mol. The van der Waals surface area contributed by atoms with Crippen molar-refractivity contribution in [2.45, 2.75) is 26.8 Å². The standard InChI is InChI=1S/C11H20N2O/c1-9-7-11(10(2)13(9)3)8-12-5-4-6-14/h7,12,14H,4-6,8H2,1-3H3. The summed E-state index contributed by atoms with van der Waals surface area (Å²) in [5.41, 5.74) is 3.96. The quantitative estimate of drug-likeness (QED) is 0.692. The molecule has 0 unspecified atom stereocenters. The fraction of sp³-hybridized carbons (Fsp3) is 0.636. The summed E-state index contributed by atoms with van der Waals surface area (Å²) in [6.07, 6.45) is 0.824. The molecule has 1 aromatic heterocycles. The normalized spacial score (nSPS) is 10.9. The monoisotopic (exact) mass is 196 g/mol. The third-order valence-electron chi connectivity index (χ3n) is 2.71. The van der Waals surface area contributed by atoms with Gasteiger partial charge in [-0.15, -0.1) is 0 Å². The molecule has 0 aromatic carbocycles. The first kappa shape index (κ1) is 11.3. The Balaban J connectivity index is 2.47. The maximum atomic E-state index is 8.62. The first-order valence-corrected chi connectivity index (χ1v) is 5.10. The highest BCUT2D eigenvalue weighted by Crippen LogP contribution is 2.12.